The fourth-order valence-electron chi connectivity index (χ4n) is 1.77. The van der Waals surface area contributed by atoms with E-state index in [4.69, 9.17) is 5.11 Å². The van der Waals surface area contributed by atoms with Crippen LogP contribution in [0.5, 0.6) is 0 Å². The van der Waals surface area contributed by atoms with E-state index in [0.29, 0.717) is 4.91 Å². The maximum absolute atomic E-state index is 10.8. The molecule has 0 aliphatic carbocycles. The summed E-state index contributed by atoms with van der Waals surface area (Å²) in [6.07, 6.45) is 8.11. The lowest BCUT2D eigenvalue weighted by atomic mass is 10.1. The molecule has 16 heavy (non-hydrogen) atoms. The van der Waals surface area contributed by atoms with Gasteiger partial charge in [0.05, 0.1) is 0 Å². The monoisotopic (exact) mass is 243 g/mol. The van der Waals surface area contributed by atoms with Crippen molar-refractivity contribution in [3.05, 3.63) is 11.0 Å². The van der Waals surface area contributed by atoms with Crippen molar-refractivity contribution in [3.8, 4) is 0 Å². The molecule has 0 radical (unpaired) electrons. The number of carboxylic acid groups (broad SMARTS) is 1. The third kappa shape index (κ3) is 4.18. The fourth-order valence-corrected chi connectivity index (χ4v) is 2.81. The van der Waals surface area contributed by atoms with Gasteiger partial charge in [0.1, 0.15) is 4.91 Å². The molecular weight excluding hydrogens is 222 g/mol. The van der Waals surface area contributed by atoms with Gasteiger partial charge in [-0.2, -0.15) is 0 Å². The summed E-state index contributed by atoms with van der Waals surface area (Å²) in [5.41, 5.74) is 0. The first-order valence-electron chi connectivity index (χ1n) is 6.05. The van der Waals surface area contributed by atoms with Crippen LogP contribution in [0.2, 0.25) is 0 Å². The molecule has 0 aromatic carbocycles. The van der Waals surface area contributed by atoms with Crippen molar-refractivity contribution >= 4 is 17.9 Å². The molecule has 0 spiro atoms. The van der Waals surface area contributed by atoms with Crippen molar-refractivity contribution in [3.63, 3.8) is 0 Å². The molecule has 0 aromatic rings. The summed E-state index contributed by atoms with van der Waals surface area (Å²) in [4.78, 5) is 11.3. The molecule has 0 saturated carbocycles. The number of hydrogen-bond acceptors (Lipinski definition) is 3. The molecule has 0 bridgehead atoms. The highest BCUT2D eigenvalue weighted by molar-refractivity contribution is 8.02. The summed E-state index contributed by atoms with van der Waals surface area (Å²) in [6.45, 7) is 5.25. The lowest BCUT2D eigenvalue weighted by Gasteiger charge is -2.19. The van der Waals surface area contributed by atoms with E-state index in [0.717, 1.165) is 13.0 Å². The highest BCUT2D eigenvalue weighted by Crippen LogP contribution is 2.32. The minimum Gasteiger partial charge on any atom is -0.477 e. The molecule has 92 valence electrons. The smallest absolute Gasteiger partial charge is 0.343 e. The predicted octanol–water partition coefficient (Wildman–Crippen LogP) is 3.28. The van der Waals surface area contributed by atoms with Crippen LogP contribution in [0.15, 0.2) is 11.0 Å². The predicted molar refractivity (Wildman–Crippen MR) is 68.2 cm³/mol. The highest BCUT2D eigenvalue weighted by atomic mass is 32.2. The second-order valence-corrected chi connectivity index (χ2v) is 5.31. The topological polar surface area (TPSA) is 40.5 Å². The third-order valence-electron chi connectivity index (χ3n) is 2.76. The van der Waals surface area contributed by atoms with Gasteiger partial charge in [-0.25, -0.2) is 9.10 Å². The number of carbonyl (C=O) groups is 1. The average molecular weight is 243 g/mol. The van der Waals surface area contributed by atoms with Crippen LogP contribution >= 0.6 is 11.9 Å². The Bertz CT molecular complexity index is 266. The maximum atomic E-state index is 10.8. The van der Waals surface area contributed by atoms with Crippen LogP contribution in [0.4, 0.5) is 0 Å². The van der Waals surface area contributed by atoms with Gasteiger partial charge in [0.15, 0.2) is 0 Å². The van der Waals surface area contributed by atoms with Crippen molar-refractivity contribution in [2.45, 2.75) is 52.0 Å². The molecule has 0 fully saturated rings. The van der Waals surface area contributed by atoms with Crippen LogP contribution in [0, 0.1) is 0 Å². The Morgan fingerprint density at radius 2 is 2.12 bits per heavy atom. The first-order valence-corrected chi connectivity index (χ1v) is 6.82. The van der Waals surface area contributed by atoms with Crippen molar-refractivity contribution < 1.29 is 9.90 Å². The van der Waals surface area contributed by atoms with E-state index in [2.05, 4.69) is 18.2 Å². The third-order valence-corrected chi connectivity index (χ3v) is 4.01. The molecule has 0 aromatic heterocycles. The van der Waals surface area contributed by atoms with Crippen molar-refractivity contribution in [1.29, 1.82) is 0 Å². The molecular formula is C12H21NO2S. The zero-order valence-corrected chi connectivity index (χ0v) is 10.9. The van der Waals surface area contributed by atoms with Crippen LogP contribution in [-0.2, 0) is 4.79 Å². The van der Waals surface area contributed by atoms with E-state index < -0.39 is 5.97 Å². The lowest BCUT2D eigenvalue weighted by Crippen LogP contribution is -2.22. The van der Waals surface area contributed by atoms with Gasteiger partial charge in [0.25, 0.3) is 0 Å². The molecule has 1 aliphatic rings. The number of nitrogens with zero attached hydrogens (tertiary/aromatic N) is 1. The van der Waals surface area contributed by atoms with Gasteiger partial charge in [-0.1, -0.05) is 32.6 Å². The first-order chi connectivity index (χ1) is 7.65. The second-order valence-electron chi connectivity index (χ2n) is 4.22. The molecule has 1 rings (SSSR count). The molecule has 1 unspecified atom stereocenters. The molecule has 3 nitrogen and oxygen atoms in total. The second kappa shape index (κ2) is 6.97. The van der Waals surface area contributed by atoms with Crippen LogP contribution in [0.1, 0.15) is 46.0 Å². The largest absolute Gasteiger partial charge is 0.477 e. The molecule has 1 aliphatic heterocycles. The highest BCUT2D eigenvalue weighted by Gasteiger charge is 2.25. The number of aliphatic carboxylic acids is 1. The van der Waals surface area contributed by atoms with Crippen LogP contribution < -0.4 is 0 Å². The average Bonchev–Trinajstić information content (AvgIpc) is 2.60. The molecule has 1 atom stereocenters. The molecule has 4 heteroatoms. The quantitative estimate of drug-likeness (QED) is 0.550. The van der Waals surface area contributed by atoms with Crippen LogP contribution in [0.3, 0.4) is 0 Å². The Morgan fingerprint density at radius 3 is 2.69 bits per heavy atom. The zero-order chi connectivity index (χ0) is 12.0. The number of carboxylic acids is 1. The van der Waals surface area contributed by atoms with Gasteiger partial charge in [-0.15, -0.1) is 0 Å². The summed E-state index contributed by atoms with van der Waals surface area (Å²) in [5.74, 6) is -0.801. The Kier molecular flexibility index (Phi) is 5.91. The minimum atomic E-state index is -0.801. The number of unbranched alkanes of at least 4 members (excludes halogenated alkanes) is 4. The van der Waals surface area contributed by atoms with E-state index in [1.807, 2.05) is 6.08 Å². The SMILES string of the molecule is CCCCCCCN1SC(C(=O)O)=CC1C. The van der Waals surface area contributed by atoms with Gasteiger partial charge in [-0.3, -0.25) is 0 Å². The van der Waals surface area contributed by atoms with Gasteiger partial charge in [-0.05, 0) is 31.4 Å². The maximum Gasteiger partial charge on any atom is 0.343 e. The van der Waals surface area contributed by atoms with Crippen molar-refractivity contribution in [2.24, 2.45) is 0 Å². The van der Waals surface area contributed by atoms with E-state index in [9.17, 15) is 4.79 Å². The van der Waals surface area contributed by atoms with E-state index in [-0.39, 0.29) is 6.04 Å². The van der Waals surface area contributed by atoms with Crippen LogP contribution in [0.25, 0.3) is 0 Å². The van der Waals surface area contributed by atoms with E-state index >= 15 is 0 Å². The van der Waals surface area contributed by atoms with Gasteiger partial charge < -0.3 is 5.11 Å². The normalized spacial score (nSPS) is 21.1. The standard InChI is InChI=1S/C12H21NO2S/c1-3-4-5-6-7-8-13-10(2)9-11(16-13)12(14)15/h9-10H,3-8H2,1-2H3,(H,14,15). The van der Waals surface area contributed by atoms with Crippen molar-refractivity contribution in [2.75, 3.05) is 6.54 Å². The molecule has 0 saturated heterocycles. The first kappa shape index (κ1) is 13.6. The van der Waals surface area contributed by atoms with Gasteiger partial charge in [0, 0.05) is 12.6 Å². The zero-order valence-electron chi connectivity index (χ0n) is 10.1. The Hall–Kier alpha value is -0.480. The van der Waals surface area contributed by atoms with Gasteiger partial charge >= 0.3 is 5.97 Å². The number of rotatable bonds is 7. The van der Waals surface area contributed by atoms with Crippen LogP contribution in [-0.4, -0.2) is 28.0 Å². The lowest BCUT2D eigenvalue weighted by molar-refractivity contribution is -0.131. The van der Waals surface area contributed by atoms with Crippen molar-refractivity contribution in [1.82, 2.24) is 4.31 Å². The Morgan fingerprint density at radius 1 is 1.44 bits per heavy atom. The summed E-state index contributed by atoms with van der Waals surface area (Å²) >= 11 is 1.39. The Balaban J connectivity index is 2.18. The van der Waals surface area contributed by atoms with E-state index in [1.54, 1.807) is 0 Å². The number of hydrogen-bond donors (Lipinski definition) is 1. The van der Waals surface area contributed by atoms with E-state index in [1.165, 1.54) is 37.6 Å². The molecule has 1 N–H and O–H groups in total. The summed E-state index contributed by atoms with van der Waals surface area (Å²) in [7, 11) is 0. The summed E-state index contributed by atoms with van der Waals surface area (Å²) < 4.78 is 2.16. The Labute approximate surface area is 102 Å². The van der Waals surface area contributed by atoms with Gasteiger partial charge in [0.2, 0.25) is 0 Å². The summed E-state index contributed by atoms with van der Waals surface area (Å²) in [6, 6.07) is 0.252. The fraction of sp³-hybridized carbons (Fsp3) is 0.750. The summed E-state index contributed by atoms with van der Waals surface area (Å²) in [5, 5.41) is 8.87. The molecule has 0 amide bonds. The molecule has 1 heterocycles. The minimum absolute atomic E-state index is 0.252.